The molecule has 0 bridgehead atoms. The lowest BCUT2D eigenvalue weighted by Crippen LogP contribution is -2.71. The van der Waals surface area contributed by atoms with Crippen LogP contribution in [0.4, 0.5) is 0 Å². The quantitative estimate of drug-likeness (QED) is 0.779. The molecule has 2 aliphatic carbocycles. The van der Waals surface area contributed by atoms with Crippen LogP contribution in [-0.4, -0.2) is 34.3 Å². The fourth-order valence-electron chi connectivity index (χ4n) is 3.21. The highest BCUT2D eigenvalue weighted by Crippen LogP contribution is 2.45. The number of amides is 2. The van der Waals surface area contributed by atoms with Gasteiger partial charge in [0.05, 0.1) is 0 Å². The first-order valence-corrected chi connectivity index (χ1v) is 6.59. The number of piperazine rings is 1. The van der Waals surface area contributed by atoms with Crippen molar-refractivity contribution < 1.29 is 9.59 Å². The molecule has 1 N–H and O–H groups in total. The number of nitrogens with zero attached hydrogens (tertiary/aromatic N) is 1. The van der Waals surface area contributed by atoms with Crippen LogP contribution in [-0.2, 0) is 9.59 Å². The topological polar surface area (TPSA) is 49.4 Å². The normalized spacial score (nSPS) is 36.5. The summed E-state index contributed by atoms with van der Waals surface area (Å²) in [4.78, 5) is 26.3. The summed E-state index contributed by atoms with van der Waals surface area (Å²) in [6, 6.07) is 0. The van der Waals surface area contributed by atoms with E-state index in [4.69, 9.17) is 0 Å². The molecule has 2 amide bonds. The Hall–Kier alpha value is -1.06. The number of rotatable bonds is 2. The van der Waals surface area contributed by atoms with Gasteiger partial charge in [0, 0.05) is 5.54 Å². The minimum atomic E-state index is -0.631. The minimum Gasteiger partial charge on any atom is -0.340 e. The first-order chi connectivity index (χ1) is 7.96. The summed E-state index contributed by atoms with van der Waals surface area (Å²) in [5.41, 5.74) is -0.696. The summed E-state index contributed by atoms with van der Waals surface area (Å²) in [5.74, 6) is 0.499. The summed E-state index contributed by atoms with van der Waals surface area (Å²) in [5, 5.41) is 2.92. The van der Waals surface area contributed by atoms with Gasteiger partial charge in [-0.15, -0.1) is 0 Å². The molecule has 2 saturated carbocycles. The zero-order valence-corrected chi connectivity index (χ0v) is 10.6. The average molecular weight is 236 g/mol. The smallest absolute Gasteiger partial charge is 0.249 e. The third kappa shape index (κ3) is 1.49. The van der Waals surface area contributed by atoms with Crippen LogP contribution in [0.15, 0.2) is 0 Å². The minimum absolute atomic E-state index is 0.00660. The second-order valence-corrected chi connectivity index (χ2v) is 6.27. The highest BCUT2D eigenvalue weighted by molar-refractivity contribution is 5.98. The summed E-state index contributed by atoms with van der Waals surface area (Å²) in [6.07, 6.45) is 5.36. The van der Waals surface area contributed by atoms with Gasteiger partial charge in [-0.3, -0.25) is 9.59 Å². The zero-order chi connectivity index (χ0) is 12.3. The van der Waals surface area contributed by atoms with E-state index in [1.165, 1.54) is 6.42 Å². The van der Waals surface area contributed by atoms with Crippen molar-refractivity contribution in [3.63, 3.8) is 0 Å². The first kappa shape index (κ1) is 11.1. The van der Waals surface area contributed by atoms with Crippen LogP contribution >= 0.6 is 0 Å². The average Bonchev–Trinajstić information content (AvgIpc) is 3.03. The number of carbonyl (C=O) groups is 2. The zero-order valence-electron chi connectivity index (χ0n) is 10.6. The van der Waals surface area contributed by atoms with Crippen molar-refractivity contribution in [2.75, 3.05) is 6.54 Å². The predicted molar refractivity (Wildman–Crippen MR) is 63.2 cm³/mol. The lowest BCUT2D eigenvalue weighted by Gasteiger charge is -2.52. The Kier molecular flexibility index (Phi) is 2.11. The third-order valence-corrected chi connectivity index (χ3v) is 4.87. The molecule has 94 valence electrons. The van der Waals surface area contributed by atoms with Crippen LogP contribution in [0.2, 0.25) is 0 Å². The Labute approximate surface area is 102 Å². The van der Waals surface area contributed by atoms with Crippen molar-refractivity contribution >= 4 is 11.8 Å². The van der Waals surface area contributed by atoms with Crippen LogP contribution in [0.25, 0.3) is 0 Å². The van der Waals surface area contributed by atoms with Gasteiger partial charge >= 0.3 is 0 Å². The van der Waals surface area contributed by atoms with Crippen LogP contribution in [0.3, 0.4) is 0 Å². The largest absolute Gasteiger partial charge is 0.340 e. The van der Waals surface area contributed by atoms with E-state index in [1.807, 2.05) is 11.8 Å². The molecule has 0 radical (unpaired) electrons. The summed E-state index contributed by atoms with van der Waals surface area (Å²) < 4.78 is 0. The second kappa shape index (κ2) is 3.24. The number of carbonyl (C=O) groups excluding carboxylic acids is 2. The molecule has 3 fully saturated rings. The molecule has 1 heterocycles. The number of nitrogens with one attached hydrogen (secondary N) is 1. The van der Waals surface area contributed by atoms with Crippen molar-refractivity contribution in [2.24, 2.45) is 5.92 Å². The molecule has 1 atom stereocenters. The monoisotopic (exact) mass is 236 g/mol. The van der Waals surface area contributed by atoms with Gasteiger partial charge < -0.3 is 10.2 Å². The second-order valence-electron chi connectivity index (χ2n) is 6.27. The molecular formula is C13H20N2O2. The molecule has 0 spiro atoms. The summed E-state index contributed by atoms with van der Waals surface area (Å²) in [7, 11) is 0. The van der Waals surface area contributed by atoms with Crippen LogP contribution in [0.5, 0.6) is 0 Å². The summed E-state index contributed by atoms with van der Waals surface area (Å²) >= 11 is 0. The van der Waals surface area contributed by atoms with E-state index < -0.39 is 5.54 Å². The van der Waals surface area contributed by atoms with Crippen molar-refractivity contribution in [2.45, 2.75) is 57.0 Å². The van der Waals surface area contributed by atoms with Crippen molar-refractivity contribution in [1.29, 1.82) is 0 Å². The van der Waals surface area contributed by atoms with Gasteiger partial charge in [-0.25, -0.2) is 0 Å². The van der Waals surface area contributed by atoms with E-state index in [0.717, 1.165) is 25.7 Å². The highest BCUT2D eigenvalue weighted by atomic mass is 16.2. The molecule has 1 saturated heterocycles. The number of hydrogen-bond donors (Lipinski definition) is 1. The van der Waals surface area contributed by atoms with Crippen molar-refractivity contribution in [3.05, 3.63) is 0 Å². The van der Waals surface area contributed by atoms with Gasteiger partial charge in [0.15, 0.2) is 0 Å². The van der Waals surface area contributed by atoms with E-state index in [9.17, 15) is 9.59 Å². The Bertz CT molecular complexity index is 385. The van der Waals surface area contributed by atoms with E-state index in [2.05, 4.69) is 12.2 Å². The van der Waals surface area contributed by atoms with Gasteiger partial charge in [-0.05, 0) is 51.9 Å². The highest BCUT2D eigenvalue weighted by Gasteiger charge is 2.56. The fourth-order valence-corrected chi connectivity index (χ4v) is 3.21. The lowest BCUT2D eigenvalue weighted by molar-refractivity contribution is -0.160. The van der Waals surface area contributed by atoms with Gasteiger partial charge in [0.1, 0.15) is 12.1 Å². The van der Waals surface area contributed by atoms with Crippen LogP contribution in [0.1, 0.15) is 46.0 Å². The van der Waals surface area contributed by atoms with Crippen LogP contribution < -0.4 is 5.32 Å². The molecule has 17 heavy (non-hydrogen) atoms. The maximum atomic E-state index is 12.6. The molecule has 0 aromatic rings. The van der Waals surface area contributed by atoms with Gasteiger partial charge in [-0.2, -0.15) is 0 Å². The van der Waals surface area contributed by atoms with Gasteiger partial charge in [0.25, 0.3) is 0 Å². The molecule has 4 nitrogen and oxygen atoms in total. The molecule has 4 heteroatoms. The molecule has 3 rings (SSSR count). The molecule has 1 unspecified atom stereocenters. The Balaban J connectivity index is 1.89. The SMILES string of the molecule is CC1(C2CC2)NC(=O)CN(C2(C)CCC2)C1=O. The predicted octanol–water partition coefficient (Wildman–Crippen LogP) is 1.06. The van der Waals surface area contributed by atoms with E-state index in [0.29, 0.717) is 5.92 Å². The standard InChI is InChI=1S/C13H20N2O2/c1-12(6-3-7-12)15-8-10(16)14-13(2,11(15)17)9-4-5-9/h9H,3-8H2,1-2H3,(H,14,16). The molecule has 3 aliphatic rings. The summed E-state index contributed by atoms with van der Waals surface area (Å²) in [6.45, 7) is 4.26. The maximum Gasteiger partial charge on any atom is 0.249 e. The van der Waals surface area contributed by atoms with Gasteiger partial charge in [0.2, 0.25) is 11.8 Å². The number of hydrogen-bond acceptors (Lipinski definition) is 2. The molecule has 0 aromatic carbocycles. The molecular weight excluding hydrogens is 216 g/mol. The Morgan fingerprint density at radius 1 is 1.24 bits per heavy atom. The van der Waals surface area contributed by atoms with Crippen molar-refractivity contribution in [1.82, 2.24) is 10.2 Å². The molecule has 0 aromatic heterocycles. The van der Waals surface area contributed by atoms with Crippen LogP contribution in [0, 0.1) is 5.92 Å². The van der Waals surface area contributed by atoms with E-state index >= 15 is 0 Å². The van der Waals surface area contributed by atoms with E-state index in [-0.39, 0.29) is 23.9 Å². The maximum absolute atomic E-state index is 12.6. The third-order valence-electron chi connectivity index (χ3n) is 4.87. The van der Waals surface area contributed by atoms with Crippen molar-refractivity contribution in [3.8, 4) is 0 Å². The molecule has 1 aliphatic heterocycles. The fraction of sp³-hybridized carbons (Fsp3) is 0.846. The van der Waals surface area contributed by atoms with E-state index in [1.54, 1.807) is 0 Å². The lowest BCUT2D eigenvalue weighted by atomic mass is 9.75. The Morgan fingerprint density at radius 3 is 2.35 bits per heavy atom. The Morgan fingerprint density at radius 2 is 1.88 bits per heavy atom. The van der Waals surface area contributed by atoms with Gasteiger partial charge in [-0.1, -0.05) is 0 Å². The first-order valence-electron chi connectivity index (χ1n) is 6.59.